The van der Waals surface area contributed by atoms with E-state index < -0.39 is 10.0 Å². The van der Waals surface area contributed by atoms with E-state index in [1.165, 1.54) is 6.20 Å². The second-order valence-electron chi connectivity index (χ2n) is 4.24. The van der Waals surface area contributed by atoms with Crippen molar-refractivity contribution in [3.63, 3.8) is 0 Å². The summed E-state index contributed by atoms with van der Waals surface area (Å²) in [6.07, 6.45) is 3.57. The molecule has 116 valence electrons. The fraction of sp³-hybridized carbons (Fsp3) is 0.750. The quantitative estimate of drug-likeness (QED) is 0.570. The number of nitrogens with one attached hydrogen (secondary N) is 2. The highest BCUT2D eigenvalue weighted by Crippen LogP contribution is 2.06. The summed E-state index contributed by atoms with van der Waals surface area (Å²) < 4.78 is 33.3. The Hall–Kier alpha value is -0.960. The molecule has 20 heavy (non-hydrogen) atoms. The highest BCUT2D eigenvalue weighted by Gasteiger charge is 2.15. The predicted molar refractivity (Wildman–Crippen MR) is 77.1 cm³/mol. The molecule has 0 bridgehead atoms. The summed E-state index contributed by atoms with van der Waals surface area (Å²) in [7, 11) is -3.47. The number of ether oxygens (including phenoxy) is 1. The summed E-state index contributed by atoms with van der Waals surface area (Å²) >= 11 is 0. The maximum absolute atomic E-state index is 12.0. The van der Waals surface area contributed by atoms with Crippen molar-refractivity contribution in [2.75, 3.05) is 32.8 Å². The Morgan fingerprint density at radius 3 is 2.85 bits per heavy atom. The highest BCUT2D eigenvalue weighted by molar-refractivity contribution is 7.89. The van der Waals surface area contributed by atoms with Gasteiger partial charge in [0.2, 0.25) is 10.0 Å². The molecule has 1 heterocycles. The van der Waals surface area contributed by atoms with E-state index in [-0.39, 0.29) is 4.90 Å². The maximum atomic E-state index is 12.0. The molecule has 0 saturated carbocycles. The van der Waals surface area contributed by atoms with Crippen molar-refractivity contribution in [3.8, 4) is 0 Å². The van der Waals surface area contributed by atoms with Crippen LogP contribution in [0.5, 0.6) is 0 Å². The van der Waals surface area contributed by atoms with E-state index in [4.69, 9.17) is 4.74 Å². The van der Waals surface area contributed by atoms with Crippen LogP contribution in [0.3, 0.4) is 0 Å². The molecule has 0 atom stereocenters. The van der Waals surface area contributed by atoms with Crippen LogP contribution in [0.2, 0.25) is 0 Å². The Balaban J connectivity index is 2.42. The molecule has 0 unspecified atom stereocenters. The third kappa shape index (κ3) is 6.00. The summed E-state index contributed by atoms with van der Waals surface area (Å²) in [4.78, 5) is 0.199. The summed E-state index contributed by atoms with van der Waals surface area (Å²) in [6, 6.07) is 0. The van der Waals surface area contributed by atoms with Crippen LogP contribution in [0.1, 0.15) is 20.3 Å². The number of likely N-dealkylation sites (N-methyl/N-ethyl adjacent to an activating group) is 1. The van der Waals surface area contributed by atoms with Crippen molar-refractivity contribution in [2.24, 2.45) is 0 Å². The number of sulfonamides is 1. The van der Waals surface area contributed by atoms with Gasteiger partial charge >= 0.3 is 0 Å². The zero-order chi connectivity index (χ0) is 14.8. The van der Waals surface area contributed by atoms with E-state index in [0.29, 0.717) is 32.7 Å². The topological polar surface area (TPSA) is 85.2 Å². The molecule has 0 aromatic carbocycles. The molecule has 1 rings (SSSR count). The first-order valence-corrected chi connectivity index (χ1v) is 8.39. The largest absolute Gasteiger partial charge is 0.382 e. The Morgan fingerprint density at radius 1 is 1.35 bits per heavy atom. The lowest BCUT2D eigenvalue weighted by Crippen LogP contribution is -2.25. The van der Waals surface area contributed by atoms with Crippen LogP contribution >= 0.6 is 0 Å². The molecule has 1 aromatic heterocycles. The van der Waals surface area contributed by atoms with Gasteiger partial charge in [-0.1, -0.05) is 6.92 Å². The van der Waals surface area contributed by atoms with Crippen LogP contribution in [0.15, 0.2) is 17.3 Å². The Kier molecular flexibility index (Phi) is 7.75. The predicted octanol–water partition coefficient (Wildman–Crippen LogP) is 0.198. The Bertz CT molecular complexity index is 473. The van der Waals surface area contributed by atoms with Crippen molar-refractivity contribution >= 4 is 10.0 Å². The zero-order valence-electron chi connectivity index (χ0n) is 12.1. The van der Waals surface area contributed by atoms with Gasteiger partial charge in [-0.15, -0.1) is 0 Å². The van der Waals surface area contributed by atoms with Gasteiger partial charge in [0.05, 0.1) is 12.7 Å². The van der Waals surface area contributed by atoms with Crippen molar-refractivity contribution in [1.82, 2.24) is 19.8 Å². The monoisotopic (exact) mass is 304 g/mol. The van der Waals surface area contributed by atoms with Crippen molar-refractivity contribution < 1.29 is 13.2 Å². The number of nitrogens with zero attached hydrogens (tertiary/aromatic N) is 2. The molecule has 1 aromatic rings. The zero-order valence-corrected chi connectivity index (χ0v) is 12.9. The summed E-state index contributed by atoms with van der Waals surface area (Å²) in [6.45, 7) is 7.79. The van der Waals surface area contributed by atoms with Gasteiger partial charge in [0, 0.05) is 32.5 Å². The van der Waals surface area contributed by atoms with Crippen molar-refractivity contribution in [1.29, 1.82) is 0 Å². The minimum absolute atomic E-state index is 0.199. The van der Waals surface area contributed by atoms with Crippen molar-refractivity contribution in [2.45, 2.75) is 31.7 Å². The first-order valence-electron chi connectivity index (χ1n) is 6.90. The first kappa shape index (κ1) is 17.1. The molecule has 0 aliphatic heterocycles. The fourth-order valence-electron chi connectivity index (χ4n) is 1.58. The van der Waals surface area contributed by atoms with Crippen LogP contribution in [-0.2, 0) is 21.3 Å². The van der Waals surface area contributed by atoms with Gasteiger partial charge in [-0.3, -0.25) is 4.68 Å². The molecule has 0 aliphatic rings. The van der Waals surface area contributed by atoms with Gasteiger partial charge in [0.25, 0.3) is 0 Å². The fourth-order valence-corrected chi connectivity index (χ4v) is 2.61. The SMILES string of the molecule is CCNCCn1cc(S(=O)(=O)NCCCOCC)cn1. The maximum Gasteiger partial charge on any atom is 0.243 e. The molecule has 0 saturated heterocycles. The smallest absolute Gasteiger partial charge is 0.243 e. The molecular formula is C12H24N4O3S. The standard InChI is InChI=1S/C12H24N4O3S/c1-3-13-7-8-16-11-12(10-14-16)20(17,18)15-6-5-9-19-4-2/h10-11,13,15H,3-9H2,1-2H3. The van der Waals surface area contributed by atoms with E-state index in [2.05, 4.69) is 15.1 Å². The third-order valence-electron chi connectivity index (χ3n) is 2.65. The van der Waals surface area contributed by atoms with Crippen LogP contribution in [0, 0.1) is 0 Å². The van der Waals surface area contributed by atoms with E-state index in [1.807, 2.05) is 13.8 Å². The highest BCUT2D eigenvalue weighted by atomic mass is 32.2. The van der Waals surface area contributed by atoms with E-state index in [1.54, 1.807) is 10.9 Å². The molecule has 8 heteroatoms. The number of rotatable bonds is 11. The first-order chi connectivity index (χ1) is 9.60. The summed E-state index contributed by atoms with van der Waals surface area (Å²) in [5.41, 5.74) is 0. The van der Waals surface area contributed by atoms with Crippen LogP contribution < -0.4 is 10.0 Å². The van der Waals surface area contributed by atoms with Crippen LogP contribution in [-0.4, -0.2) is 51.0 Å². The van der Waals surface area contributed by atoms with Crippen molar-refractivity contribution in [3.05, 3.63) is 12.4 Å². The van der Waals surface area contributed by atoms with Gasteiger partial charge < -0.3 is 10.1 Å². The molecule has 0 fully saturated rings. The summed E-state index contributed by atoms with van der Waals surface area (Å²) in [5, 5.41) is 7.20. The summed E-state index contributed by atoms with van der Waals surface area (Å²) in [5.74, 6) is 0. The number of hydrogen-bond donors (Lipinski definition) is 2. The Labute approximate surface area is 120 Å². The average Bonchev–Trinajstić information content (AvgIpc) is 2.88. The van der Waals surface area contributed by atoms with Gasteiger partial charge in [-0.05, 0) is 19.9 Å². The minimum Gasteiger partial charge on any atom is -0.382 e. The lowest BCUT2D eigenvalue weighted by atomic mass is 10.5. The molecule has 0 spiro atoms. The Morgan fingerprint density at radius 2 is 2.15 bits per heavy atom. The van der Waals surface area contributed by atoms with E-state index in [9.17, 15) is 8.42 Å². The van der Waals surface area contributed by atoms with E-state index in [0.717, 1.165) is 13.1 Å². The molecular weight excluding hydrogens is 280 g/mol. The van der Waals surface area contributed by atoms with Crippen LogP contribution in [0.4, 0.5) is 0 Å². The normalized spacial score (nSPS) is 11.9. The molecule has 0 amide bonds. The minimum atomic E-state index is -3.47. The van der Waals surface area contributed by atoms with Crippen LogP contribution in [0.25, 0.3) is 0 Å². The van der Waals surface area contributed by atoms with Gasteiger partial charge in [0.15, 0.2) is 0 Å². The number of hydrogen-bond acceptors (Lipinski definition) is 5. The lowest BCUT2D eigenvalue weighted by molar-refractivity contribution is 0.146. The second-order valence-corrected chi connectivity index (χ2v) is 6.01. The van der Waals surface area contributed by atoms with Gasteiger partial charge in [-0.25, -0.2) is 13.1 Å². The van der Waals surface area contributed by atoms with E-state index >= 15 is 0 Å². The van der Waals surface area contributed by atoms with Gasteiger partial charge in [-0.2, -0.15) is 5.10 Å². The number of aromatic nitrogens is 2. The molecule has 2 N–H and O–H groups in total. The second kappa shape index (κ2) is 9.06. The molecule has 0 aliphatic carbocycles. The molecule has 0 radical (unpaired) electrons. The third-order valence-corrected chi connectivity index (χ3v) is 4.06. The average molecular weight is 304 g/mol. The van der Waals surface area contributed by atoms with Gasteiger partial charge in [0.1, 0.15) is 4.90 Å². The molecule has 7 nitrogen and oxygen atoms in total. The lowest BCUT2D eigenvalue weighted by Gasteiger charge is -2.05.